The number of carbonyl (C=O) groups excluding carboxylic acids is 1. The molecule has 0 aliphatic carbocycles. The number of nitrogens with one attached hydrogen (secondary N) is 2. The van der Waals surface area contributed by atoms with Gasteiger partial charge in [-0.1, -0.05) is 11.6 Å². The van der Waals surface area contributed by atoms with E-state index in [4.69, 9.17) is 21.1 Å². The largest absolute Gasteiger partial charge is 0.495 e. The molecule has 0 bridgehead atoms. The fourth-order valence-electron chi connectivity index (χ4n) is 1.33. The van der Waals surface area contributed by atoms with Crippen molar-refractivity contribution < 1.29 is 14.3 Å². The maximum Gasteiger partial charge on any atom is 0.238 e. The van der Waals surface area contributed by atoms with Gasteiger partial charge in [-0.3, -0.25) is 4.79 Å². The Morgan fingerprint density at radius 1 is 1.39 bits per heavy atom. The van der Waals surface area contributed by atoms with Gasteiger partial charge in [0.2, 0.25) is 5.91 Å². The summed E-state index contributed by atoms with van der Waals surface area (Å²) >= 11 is 5.95. The minimum atomic E-state index is -0.132. The Morgan fingerprint density at radius 2 is 2.17 bits per heavy atom. The molecule has 0 aromatic heterocycles. The highest BCUT2D eigenvalue weighted by Crippen LogP contribution is 2.26. The van der Waals surface area contributed by atoms with Gasteiger partial charge in [0, 0.05) is 19.3 Å². The van der Waals surface area contributed by atoms with Gasteiger partial charge in [-0.15, -0.1) is 0 Å². The summed E-state index contributed by atoms with van der Waals surface area (Å²) in [6, 6.07) is 5.08. The standard InChI is InChI=1S/C12H17ClN2O3/c1-17-6-5-14-8-12(16)15-9-3-4-11(18-2)10(13)7-9/h3-4,7,14H,5-6,8H2,1-2H3,(H,15,16). The lowest BCUT2D eigenvalue weighted by Crippen LogP contribution is -2.30. The van der Waals surface area contributed by atoms with Gasteiger partial charge in [0.1, 0.15) is 5.75 Å². The SMILES string of the molecule is COCCNCC(=O)Nc1ccc(OC)c(Cl)c1. The molecule has 0 unspecified atom stereocenters. The molecule has 0 aliphatic heterocycles. The minimum Gasteiger partial charge on any atom is -0.495 e. The lowest BCUT2D eigenvalue weighted by Gasteiger charge is -2.08. The van der Waals surface area contributed by atoms with Crippen molar-refractivity contribution in [1.82, 2.24) is 5.32 Å². The molecule has 1 rings (SSSR count). The number of benzene rings is 1. The summed E-state index contributed by atoms with van der Waals surface area (Å²) in [6.07, 6.45) is 0. The van der Waals surface area contributed by atoms with Crippen molar-refractivity contribution in [2.75, 3.05) is 39.2 Å². The molecule has 100 valence electrons. The number of hydrogen-bond donors (Lipinski definition) is 2. The van der Waals surface area contributed by atoms with Gasteiger partial charge in [-0.25, -0.2) is 0 Å². The number of ether oxygens (including phenoxy) is 2. The van der Waals surface area contributed by atoms with Crippen LogP contribution < -0.4 is 15.4 Å². The molecule has 1 aromatic rings. The van der Waals surface area contributed by atoms with Crippen LogP contribution in [-0.4, -0.2) is 39.8 Å². The minimum absolute atomic E-state index is 0.132. The zero-order valence-electron chi connectivity index (χ0n) is 10.5. The van der Waals surface area contributed by atoms with E-state index in [1.165, 1.54) is 0 Å². The maximum absolute atomic E-state index is 11.6. The molecule has 18 heavy (non-hydrogen) atoms. The summed E-state index contributed by atoms with van der Waals surface area (Å²) in [4.78, 5) is 11.6. The van der Waals surface area contributed by atoms with Gasteiger partial charge < -0.3 is 20.1 Å². The topological polar surface area (TPSA) is 59.6 Å². The van der Waals surface area contributed by atoms with Crippen molar-refractivity contribution in [3.63, 3.8) is 0 Å². The van der Waals surface area contributed by atoms with Crippen molar-refractivity contribution in [3.05, 3.63) is 23.2 Å². The second-order valence-electron chi connectivity index (χ2n) is 3.57. The number of anilines is 1. The lowest BCUT2D eigenvalue weighted by molar-refractivity contribution is -0.115. The molecule has 0 saturated carbocycles. The van der Waals surface area contributed by atoms with E-state index in [9.17, 15) is 4.79 Å². The molecular weight excluding hydrogens is 256 g/mol. The van der Waals surface area contributed by atoms with Gasteiger partial charge in [0.25, 0.3) is 0 Å². The van der Waals surface area contributed by atoms with E-state index in [0.29, 0.717) is 29.6 Å². The quantitative estimate of drug-likeness (QED) is 0.739. The molecule has 6 heteroatoms. The predicted octanol–water partition coefficient (Wildman–Crippen LogP) is 1.52. The van der Waals surface area contributed by atoms with E-state index in [0.717, 1.165) is 0 Å². The van der Waals surface area contributed by atoms with Crippen molar-refractivity contribution in [1.29, 1.82) is 0 Å². The first-order valence-electron chi connectivity index (χ1n) is 5.50. The van der Waals surface area contributed by atoms with Crippen LogP contribution in [0.2, 0.25) is 5.02 Å². The van der Waals surface area contributed by atoms with Crippen molar-refractivity contribution in [2.45, 2.75) is 0 Å². The smallest absolute Gasteiger partial charge is 0.238 e. The number of carbonyl (C=O) groups is 1. The molecule has 0 saturated heterocycles. The zero-order chi connectivity index (χ0) is 13.4. The van der Waals surface area contributed by atoms with Crippen molar-refractivity contribution >= 4 is 23.2 Å². The average molecular weight is 273 g/mol. The Hall–Kier alpha value is -1.30. The Kier molecular flexibility index (Phi) is 6.49. The van der Waals surface area contributed by atoms with Crippen LogP contribution in [0.4, 0.5) is 5.69 Å². The summed E-state index contributed by atoms with van der Waals surface area (Å²) in [6.45, 7) is 1.43. The number of rotatable bonds is 7. The summed E-state index contributed by atoms with van der Waals surface area (Å²) in [7, 11) is 3.15. The monoisotopic (exact) mass is 272 g/mol. The van der Waals surface area contributed by atoms with E-state index in [-0.39, 0.29) is 12.5 Å². The molecule has 1 aromatic carbocycles. The van der Waals surface area contributed by atoms with Gasteiger partial charge in [0.15, 0.2) is 0 Å². The van der Waals surface area contributed by atoms with Crippen LogP contribution in [0.5, 0.6) is 5.75 Å². The fraction of sp³-hybridized carbons (Fsp3) is 0.417. The third-order valence-corrected chi connectivity index (χ3v) is 2.50. The molecule has 2 N–H and O–H groups in total. The molecule has 0 heterocycles. The first-order chi connectivity index (χ1) is 8.67. The molecule has 1 amide bonds. The summed E-state index contributed by atoms with van der Waals surface area (Å²) in [5.41, 5.74) is 0.638. The van der Waals surface area contributed by atoms with E-state index in [2.05, 4.69) is 10.6 Å². The van der Waals surface area contributed by atoms with E-state index in [1.807, 2.05) is 0 Å². The van der Waals surface area contributed by atoms with Gasteiger partial charge >= 0.3 is 0 Å². The van der Waals surface area contributed by atoms with Gasteiger partial charge in [-0.2, -0.15) is 0 Å². The Bertz CT molecular complexity index is 399. The lowest BCUT2D eigenvalue weighted by atomic mass is 10.3. The number of amides is 1. The molecule has 5 nitrogen and oxygen atoms in total. The van der Waals surface area contributed by atoms with Crippen LogP contribution in [0.1, 0.15) is 0 Å². The summed E-state index contributed by atoms with van der Waals surface area (Å²) < 4.78 is 9.88. The number of halogens is 1. The second-order valence-corrected chi connectivity index (χ2v) is 3.97. The molecule has 0 atom stereocenters. The maximum atomic E-state index is 11.6. The van der Waals surface area contributed by atoms with Gasteiger partial charge in [-0.05, 0) is 18.2 Å². The van der Waals surface area contributed by atoms with E-state index in [1.54, 1.807) is 32.4 Å². The Morgan fingerprint density at radius 3 is 2.78 bits per heavy atom. The first-order valence-corrected chi connectivity index (χ1v) is 5.88. The Balaban J connectivity index is 2.42. The van der Waals surface area contributed by atoms with E-state index >= 15 is 0 Å². The first kappa shape index (κ1) is 14.8. The average Bonchev–Trinajstić information content (AvgIpc) is 2.35. The zero-order valence-corrected chi connectivity index (χ0v) is 11.2. The highest BCUT2D eigenvalue weighted by atomic mass is 35.5. The highest BCUT2D eigenvalue weighted by Gasteiger charge is 2.05. The molecule has 0 spiro atoms. The third kappa shape index (κ3) is 4.91. The van der Waals surface area contributed by atoms with Crippen molar-refractivity contribution in [2.24, 2.45) is 0 Å². The van der Waals surface area contributed by atoms with Crippen LogP contribution in [0.25, 0.3) is 0 Å². The summed E-state index contributed by atoms with van der Waals surface area (Å²) in [5, 5.41) is 6.14. The summed E-state index contributed by atoms with van der Waals surface area (Å²) in [5.74, 6) is 0.445. The van der Waals surface area contributed by atoms with Crippen molar-refractivity contribution in [3.8, 4) is 5.75 Å². The van der Waals surface area contributed by atoms with E-state index < -0.39 is 0 Å². The molecule has 0 fully saturated rings. The van der Waals surface area contributed by atoms with Crippen LogP contribution in [-0.2, 0) is 9.53 Å². The predicted molar refractivity (Wildman–Crippen MR) is 71.4 cm³/mol. The number of hydrogen-bond acceptors (Lipinski definition) is 4. The van der Waals surface area contributed by atoms with Crippen LogP contribution in [0.15, 0.2) is 18.2 Å². The molecule has 0 radical (unpaired) electrons. The molecular formula is C12H17ClN2O3. The van der Waals surface area contributed by atoms with Crippen LogP contribution in [0, 0.1) is 0 Å². The van der Waals surface area contributed by atoms with Gasteiger partial charge in [0.05, 0.1) is 25.3 Å². The fourth-order valence-corrected chi connectivity index (χ4v) is 1.58. The van der Waals surface area contributed by atoms with Crippen LogP contribution >= 0.6 is 11.6 Å². The molecule has 0 aliphatic rings. The third-order valence-electron chi connectivity index (χ3n) is 2.20. The normalized spacial score (nSPS) is 10.2. The highest BCUT2D eigenvalue weighted by molar-refractivity contribution is 6.32. The Labute approximate surface area is 111 Å². The second kappa shape index (κ2) is 7.92. The number of methoxy groups -OCH3 is 2. The van der Waals surface area contributed by atoms with Crippen LogP contribution in [0.3, 0.4) is 0 Å².